The summed E-state index contributed by atoms with van der Waals surface area (Å²) in [4.78, 5) is 24.7. The maximum absolute atomic E-state index is 11.7. The van der Waals surface area contributed by atoms with Gasteiger partial charge in [-0.2, -0.15) is 0 Å². The number of fused-ring (bicyclic) bond motifs is 1. The van der Waals surface area contributed by atoms with Crippen LogP contribution in [0.3, 0.4) is 0 Å². The molecule has 0 unspecified atom stereocenters. The Morgan fingerprint density at radius 1 is 1.15 bits per heavy atom. The van der Waals surface area contributed by atoms with Crippen LogP contribution in [-0.4, -0.2) is 24.1 Å². The molecule has 1 aromatic carbocycles. The molecule has 9 heteroatoms. The van der Waals surface area contributed by atoms with Crippen molar-refractivity contribution < 1.29 is 0 Å². The second kappa shape index (κ2) is 6.78. The molecule has 0 aliphatic carbocycles. The quantitative estimate of drug-likeness (QED) is 0.569. The topological polar surface area (TPSA) is 91.6 Å². The number of aryl methyl sites for hydroxylation is 1. The second-order valence-electron chi connectivity index (χ2n) is 5.55. The van der Waals surface area contributed by atoms with E-state index >= 15 is 0 Å². The first kappa shape index (κ1) is 17.9. The molecule has 0 saturated heterocycles. The average molecular weight is 389 g/mol. The molecule has 2 N–H and O–H groups in total. The zero-order valence-corrected chi connectivity index (χ0v) is 15.2. The molecule has 0 saturated carbocycles. The average Bonchev–Trinajstić information content (AvgIpc) is 2.98. The summed E-state index contributed by atoms with van der Waals surface area (Å²) in [5.41, 5.74) is 8.45. The number of imidazole rings is 1. The lowest BCUT2D eigenvalue weighted by Crippen LogP contribution is -2.15. The van der Waals surface area contributed by atoms with Gasteiger partial charge in [-0.05, 0) is 18.2 Å². The predicted octanol–water partition coefficient (Wildman–Crippen LogP) is 2.84. The lowest BCUT2D eigenvalue weighted by Gasteiger charge is -2.10. The maximum Gasteiger partial charge on any atom is 0.250 e. The number of nitrogens with zero attached hydrogens (tertiary/aromatic N) is 5. The molecule has 0 aliphatic heterocycles. The van der Waals surface area contributed by atoms with E-state index in [0.717, 1.165) is 11.3 Å². The van der Waals surface area contributed by atoms with Crippen LogP contribution in [0.4, 0.5) is 5.82 Å². The molecule has 132 valence electrons. The summed E-state index contributed by atoms with van der Waals surface area (Å²) in [5.74, 6) is 0.903. The predicted molar refractivity (Wildman–Crippen MR) is 104 cm³/mol. The molecule has 4 rings (SSSR count). The fraction of sp³-hybridized carbons (Fsp3) is 0.0588. The first-order valence-electron chi connectivity index (χ1n) is 7.46. The van der Waals surface area contributed by atoms with E-state index in [1.165, 1.54) is 17.0 Å². The van der Waals surface area contributed by atoms with E-state index < -0.39 is 0 Å². The van der Waals surface area contributed by atoms with Crippen LogP contribution in [0.1, 0.15) is 0 Å². The van der Waals surface area contributed by atoms with Crippen molar-refractivity contribution in [2.24, 2.45) is 7.05 Å². The zero-order valence-electron chi connectivity index (χ0n) is 13.6. The molecule has 0 fully saturated rings. The van der Waals surface area contributed by atoms with Crippen LogP contribution in [0.25, 0.3) is 28.2 Å². The normalized spacial score (nSPS) is 10.7. The number of nitrogen functional groups attached to an aromatic ring is 1. The monoisotopic (exact) mass is 388 g/mol. The first-order valence-corrected chi connectivity index (χ1v) is 7.84. The Hall–Kier alpha value is -2.90. The Labute approximate surface area is 159 Å². The fourth-order valence-electron chi connectivity index (χ4n) is 2.69. The van der Waals surface area contributed by atoms with E-state index in [-0.39, 0.29) is 23.8 Å². The number of rotatable bonds is 2. The van der Waals surface area contributed by atoms with E-state index in [9.17, 15) is 4.79 Å². The third-order valence-electron chi connectivity index (χ3n) is 3.88. The molecule has 0 amide bonds. The minimum atomic E-state index is -0.105. The Morgan fingerprint density at radius 2 is 1.96 bits per heavy atom. The van der Waals surface area contributed by atoms with Gasteiger partial charge in [0.25, 0.3) is 0 Å². The highest BCUT2D eigenvalue weighted by Crippen LogP contribution is 2.30. The van der Waals surface area contributed by atoms with Crippen molar-refractivity contribution in [3.05, 3.63) is 64.3 Å². The number of pyridine rings is 1. The van der Waals surface area contributed by atoms with Crippen LogP contribution in [0, 0.1) is 0 Å². The summed E-state index contributed by atoms with van der Waals surface area (Å²) in [7, 11) is 1.69. The van der Waals surface area contributed by atoms with E-state index in [2.05, 4.69) is 15.0 Å². The van der Waals surface area contributed by atoms with Crippen LogP contribution in [-0.2, 0) is 7.05 Å². The van der Waals surface area contributed by atoms with Crippen LogP contribution in [0.5, 0.6) is 0 Å². The van der Waals surface area contributed by atoms with Crippen molar-refractivity contribution in [1.29, 1.82) is 0 Å². The highest BCUT2D eigenvalue weighted by molar-refractivity contribution is 6.30. The van der Waals surface area contributed by atoms with Crippen LogP contribution < -0.4 is 11.3 Å². The van der Waals surface area contributed by atoms with Gasteiger partial charge >= 0.3 is 0 Å². The minimum absolute atomic E-state index is 0. The number of halogens is 2. The summed E-state index contributed by atoms with van der Waals surface area (Å²) in [6.07, 6.45) is 3.11. The molecule has 0 bridgehead atoms. The van der Waals surface area contributed by atoms with Gasteiger partial charge in [-0.1, -0.05) is 23.7 Å². The molecule has 0 radical (unpaired) electrons. The summed E-state index contributed by atoms with van der Waals surface area (Å²) in [6.45, 7) is 0. The summed E-state index contributed by atoms with van der Waals surface area (Å²) in [5, 5.41) is 0.593. The Morgan fingerprint density at radius 3 is 2.69 bits per heavy atom. The number of aromatic nitrogens is 5. The van der Waals surface area contributed by atoms with Crippen LogP contribution in [0.2, 0.25) is 5.02 Å². The summed E-state index contributed by atoms with van der Waals surface area (Å²) >= 11 is 6.13. The third kappa shape index (κ3) is 2.91. The molecule has 0 spiro atoms. The highest BCUT2D eigenvalue weighted by Gasteiger charge is 2.18. The molecule has 0 aliphatic rings. The van der Waals surface area contributed by atoms with Crippen molar-refractivity contribution in [3.63, 3.8) is 0 Å². The van der Waals surface area contributed by atoms with Gasteiger partial charge in [-0.25, -0.2) is 15.0 Å². The Kier molecular flexibility index (Phi) is 4.67. The van der Waals surface area contributed by atoms with Gasteiger partial charge in [0.15, 0.2) is 17.0 Å². The Balaban J connectivity index is 0.00000196. The van der Waals surface area contributed by atoms with Crippen LogP contribution in [0.15, 0.2) is 53.7 Å². The van der Waals surface area contributed by atoms with Gasteiger partial charge < -0.3 is 10.3 Å². The van der Waals surface area contributed by atoms with Crippen LogP contribution >= 0.6 is 24.0 Å². The smallest absolute Gasteiger partial charge is 0.250 e. The molecule has 3 heterocycles. The van der Waals surface area contributed by atoms with E-state index in [1.807, 2.05) is 22.8 Å². The molecular formula is C17H14Cl2N6O. The lowest BCUT2D eigenvalue weighted by atomic mass is 10.2. The minimum Gasteiger partial charge on any atom is -0.382 e. The fourth-order valence-corrected chi connectivity index (χ4v) is 2.88. The highest BCUT2D eigenvalue weighted by atomic mass is 35.5. The number of hydrogen-bond donors (Lipinski definition) is 1. The van der Waals surface area contributed by atoms with Crippen molar-refractivity contribution in [1.82, 2.24) is 24.1 Å². The van der Waals surface area contributed by atoms with Crippen molar-refractivity contribution in [3.8, 4) is 17.1 Å². The molecule has 7 nitrogen and oxygen atoms in total. The second-order valence-corrected chi connectivity index (χ2v) is 5.99. The lowest BCUT2D eigenvalue weighted by molar-refractivity contribution is 0.846. The Bertz CT molecular complexity index is 1170. The SMILES string of the molecule is Cl.Cn1cc(-n2c(-c3cccc(Cl)c3)nc3c(N)ncnc32)ccc1=O. The molecule has 0 atom stereocenters. The number of anilines is 1. The number of benzene rings is 1. The van der Waals surface area contributed by atoms with E-state index in [1.54, 1.807) is 25.4 Å². The summed E-state index contributed by atoms with van der Waals surface area (Å²) < 4.78 is 3.33. The zero-order chi connectivity index (χ0) is 17.6. The molecule has 26 heavy (non-hydrogen) atoms. The van der Waals surface area contributed by atoms with Crippen molar-refractivity contribution in [2.45, 2.75) is 0 Å². The van der Waals surface area contributed by atoms with E-state index in [4.69, 9.17) is 17.3 Å². The standard InChI is InChI=1S/C17H13ClN6O.ClH/c1-23-8-12(5-6-13(23)25)24-16(10-3-2-4-11(18)7-10)22-14-15(19)20-9-21-17(14)24;/h2-9H,1H3,(H2,19,20,21);1H. The first-order chi connectivity index (χ1) is 12.0. The largest absolute Gasteiger partial charge is 0.382 e. The van der Waals surface area contributed by atoms with Crippen molar-refractivity contribution >= 4 is 41.0 Å². The van der Waals surface area contributed by atoms with E-state index in [0.29, 0.717) is 22.0 Å². The van der Waals surface area contributed by atoms with Gasteiger partial charge in [0, 0.05) is 29.9 Å². The maximum atomic E-state index is 11.7. The number of nitrogens with two attached hydrogens (primary N) is 1. The van der Waals surface area contributed by atoms with Gasteiger partial charge in [0.2, 0.25) is 5.56 Å². The summed E-state index contributed by atoms with van der Waals surface area (Å²) in [6, 6.07) is 10.6. The number of hydrogen-bond acceptors (Lipinski definition) is 5. The van der Waals surface area contributed by atoms with Gasteiger partial charge in [-0.3, -0.25) is 9.36 Å². The molecule has 4 aromatic rings. The third-order valence-corrected chi connectivity index (χ3v) is 4.12. The molecule has 3 aromatic heterocycles. The van der Waals surface area contributed by atoms with Gasteiger partial charge in [0.1, 0.15) is 12.2 Å². The van der Waals surface area contributed by atoms with Gasteiger partial charge in [-0.15, -0.1) is 12.4 Å². The van der Waals surface area contributed by atoms with Gasteiger partial charge in [0.05, 0.1) is 5.69 Å². The van der Waals surface area contributed by atoms with Crippen molar-refractivity contribution in [2.75, 3.05) is 5.73 Å². The molecular weight excluding hydrogens is 375 g/mol.